The molecule has 4 heteroatoms. The molecule has 1 aliphatic rings. The molecule has 0 fully saturated rings. The van der Waals surface area contributed by atoms with Crippen LogP contribution in [0.5, 0.6) is 0 Å². The van der Waals surface area contributed by atoms with E-state index in [2.05, 4.69) is 6.07 Å². The van der Waals surface area contributed by atoms with Crippen LogP contribution in [0.4, 0.5) is 11.4 Å². The van der Waals surface area contributed by atoms with Crippen LogP contribution in [0.1, 0.15) is 22.3 Å². The number of carboxylic acid groups (broad SMARTS) is 1. The lowest BCUT2D eigenvalue weighted by Crippen LogP contribution is -2.26. The van der Waals surface area contributed by atoms with Gasteiger partial charge in [-0.3, -0.25) is 0 Å². The number of benzene rings is 2. The van der Waals surface area contributed by atoms with Gasteiger partial charge in [-0.25, -0.2) is 4.79 Å². The predicted molar refractivity (Wildman–Crippen MR) is 80.2 cm³/mol. The van der Waals surface area contributed by atoms with Crippen LogP contribution < -0.4 is 4.90 Å². The summed E-state index contributed by atoms with van der Waals surface area (Å²) >= 11 is 6.06. The van der Waals surface area contributed by atoms with Crippen LogP contribution in [-0.4, -0.2) is 17.6 Å². The maximum Gasteiger partial charge on any atom is 0.339 e. The zero-order valence-corrected chi connectivity index (χ0v) is 11.6. The molecule has 0 aliphatic carbocycles. The molecule has 1 aliphatic heterocycles. The summed E-state index contributed by atoms with van der Waals surface area (Å²) in [6, 6.07) is 13.3. The van der Waals surface area contributed by atoms with Crippen molar-refractivity contribution in [2.45, 2.75) is 12.8 Å². The summed E-state index contributed by atoms with van der Waals surface area (Å²) in [4.78, 5) is 13.5. The molecule has 3 nitrogen and oxygen atoms in total. The van der Waals surface area contributed by atoms with Crippen molar-refractivity contribution in [3.63, 3.8) is 0 Å². The van der Waals surface area contributed by atoms with Gasteiger partial charge in [-0.1, -0.05) is 35.9 Å². The van der Waals surface area contributed by atoms with Crippen LogP contribution >= 0.6 is 11.6 Å². The van der Waals surface area contributed by atoms with Gasteiger partial charge in [0.05, 0.1) is 10.7 Å². The van der Waals surface area contributed by atoms with Crippen molar-refractivity contribution in [1.82, 2.24) is 0 Å². The molecule has 0 saturated carbocycles. The van der Waals surface area contributed by atoms with Gasteiger partial charge in [-0.2, -0.15) is 0 Å². The maximum absolute atomic E-state index is 11.5. The fraction of sp³-hybridized carbons (Fsp3) is 0.188. The number of rotatable bonds is 2. The zero-order chi connectivity index (χ0) is 14.1. The zero-order valence-electron chi connectivity index (χ0n) is 10.8. The number of halogens is 1. The van der Waals surface area contributed by atoms with Crippen LogP contribution in [0.15, 0.2) is 42.5 Å². The number of hydrogen-bond acceptors (Lipinski definition) is 2. The van der Waals surface area contributed by atoms with Gasteiger partial charge in [0.15, 0.2) is 0 Å². The fourth-order valence-electron chi connectivity index (χ4n) is 2.73. The number of fused-ring (bicyclic) bond motifs is 1. The quantitative estimate of drug-likeness (QED) is 0.903. The minimum Gasteiger partial charge on any atom is -0.478 e. The summed E-state index contributed by atoms with van der Waals surface area (Å²) < 4.78 is 0. The van der Waals surface area contributed by atoms with E-state index in [0.29, 0.717) is 5.69 Å². The molecule has 0 amide bonds. The Bertz CT molecular complexity index is 669. The summed E-state index contributed by atoms with van der Waals surface area (Å²) in [5.74, 6) is -0.992. The van der Waals surface area contributed by atoms with Gasteiger partial charge >= 0.3 is 5.97 Å². The molecule has 1 N–H and O–H groups in total. The predicted octanol–water partition coefficient (Wildman–Crippen LogP) is 4.12. The van der Waals surface area contributed by atoms with Crippen LogP contribution in [0.3, 0.4) is 0 Å². The number of carbonyl (C=O) groups is 1. The van der Waals surface area contributed by atoms with Gasteiger partial charge in [-0.05, 0) is 36.6 Å². The third-order valence-electron chi connectivity index (χ3n) is 3.61. The number of nitrogens with zero attached hydrogens (tertiary/aromatic N) is 1. The lowest BCUT2D eigenvalue weighted by Gasteiger charge is -2.32. The largest absolute Gasteiger partial charge is 0.478 e. The monoisotopic (exact) mass is 287 g/mol. The molecule has 0 unspecified atom stereocenters. The van der Waals surface area contributed by atoms with E-state index in [1.807, 2.05) is 29.2 Å². The van der Waals surface area contributed by atoms with Crippen LogP contribution in [0.25, 0.3) is 0 Å². The molecule has 0 bridgehead atoms. The van der Waals surface area contributed by atoms with E-state index >= 15 is 0 Å². The standard InChI is InChI=1S/C16H14ClNO2/c17-12-7-3-9-14(15(12)16(19)20)18-10-4-6-11-5-1-2-8-13(11)18/h1-3,5,7-9H,4,6,10H2,(H,19,20). The highest BCUT2D eigenvalue weighted by Crippen LogP contribution is 2.37. The normalized spacial score (nSPS) is 13.9. The SMILES string of the molecule is O=C(O)c1c(Cl)cccc1N1CCCc2ccccc21. The van der Waals surface area contributed by atoms with E-state index in [4.69, 9.17) is 11.6 Å². The molecule has 0 radical (unpaired) electrons. The Balaban J connectivity index is 2.16. The number of carboxylic acids is 1. The summed E-state index contributed by atoms with van der Waals surface area (Å²) in [7, 11) is 0. The lowest BCUT2D eigenvalue weighted by molar-refractivity contribution is 0.0698. The smallest absolute Gasteiger partial charge is 0.339 e. The molecule has 0 atom stereocenters. The molecule has 0 saturated heterocycles. The second-order valence-corrected chi connectivity index (χ2v) is 5.23. The van der Waals surface area contributed by atoms with Gasteiger partial charge in [0.1, 0.15) is 5.56 Å². The first kappa shape index (κ1) is 13.0. The summed E-state index contributed by atoms with van der Waals surface area (Å²) in [6.07, 6.45) is 2.03. The summed E-state index contributed by atoms with van der Waals surface area (Å²) in [6.45, 7) is 0.803. The highest BCUT2D eigenvalue weighted by molar-refractivity contribution is 6.34. The average Bonchev–Trinajstić information content (AvgIpc) is 2.46. The van der Waals surface area contributed by atoms with Crippen LogP contribution in [0, 0.1) is 0 Å². The minimum atomic E-state index is -0.992. The van der Waals surface area contributed by atoms with E-state index in [1.54, 1.807) is 12.1 Å². The first-order valence-corrected chi connectivity index (χ1v) is 6.93. The van der Waals surface area contributed by atoms with E-state index in [9.17, 15) is 9.90 Å². The van der Waals surface area contributed by atoms with Gasteiger partial charge < -0.3 is 10.0 Å². The average molecular weight is 288 g/mol. The third kappa shape index (κ3) is 2.14. The Morgan fingerprint density at radius 2 is 1.85 bits per heavy atom. The lowest BCUT2D eigenvalue weighted by atomic mass is 10.00. The van der Waals surface area contributed by atoms with Crippen molar-refractivity contribution in [2.24, 2.45) is 0 Å². The molecule has 1 heterocycles. The van der Waals surface area contributed by atoms with Gasteiger partial charge in [0.2, 0.25) is 0 Å². The number of hydrogen-bond donors (Lipinski definition) is 1. The van der Waals surface area contributed by atoms with Crippen LogP contribution in [0.2, 0.25) is 5.02 Å². The molecule has 0 spiro atoms. The topological polar surface area (TPSA) is 40.5 Å². The number of aryl methyl sites for hydroxylation is 1. The Morgan fingerprint density at radius 3 is 2.65 bits per heavy atom. The molecule has 20 heavy (non-hydrogen) atoms. The molecular weight excluding hydrogens is 274 g/mol. The van der Waals surface area contributed by atoms with Crippen LogP contribution in [-0.2, 0) is 6.42 Å². The number of anilines is 2. The van der Waals surface area contributed by atoms with Crippen molar-refractivity contribution in [3.05, 3.63) is 58.6 Å². The Labute approximate surface area is 122 Å². The van der Waals surface area contributed by atoms with Crippen molar-refractivity contribution in [1.29, 1.82) is 0 Å². The second kappa shape index (κ2) is 5.17. The molecule has 102 valence electrons. The summed E-state index contributed by atoms with van der Waals surface area (Å²) in [5, 5.41) is 9.69. The first-order valence-electron chi connectivity index (χ1n) is 6.56. The molecule has 2 aromatic rings. The van der Waals surface area contributed by atoms with Crippen molar-refractivity contribution >= 4 is 28.9 Å². The van der Waals surface area contributed by atoms with Crippen molar-refractivity contribution < 1.29 is 9.90 Å². The highest BCUT2D eigenvalue weighted by Gasteiger charge is 2.23. The Morgan fingerprint density at radius 1 is 1.10 bits per heavy atom. The fourth-order valence-corrected chi connectivity index (χ4v) is 2.98. The van der Waals surface area contributed by atoms with E-state index in [1.165, 1.54) is 5.56 Å². The minimum absolute atomic E-state index is 0.172. The van der Waals surface area contributed by atoms with E-state index < -0.39 is 5.97 Å². The van der Waals surface area contributed by atoms with E-state index in [-0.39, 0.29) is 10.6 Å². The van der Waals surface area contributed by atoms with Gasteiger partial charge in [-0.15, -0.1) is 0 Å². The summed E-state index contributed by atoms with van der Waals surface area (Å²) in [5.41, 5.74) is 3.15. The van der Waals surface area contributed by atoms with Gasteiger partial charge in [0.25, 0.3) is 0 Å². The molecular formula is C16H14ClNO2. The second-order valence-electron chi connectivity index (χ2n) is 4.82. The van der Waals surface area contributed by atoms with Gasteiger partial charge in [0, 0.05) is 12.2 Å². The molecule has 3 rings (SSSR count). The molecule has 0 aromatic heterocycles. The van der Waals surface area contributed by atoms with E-state index in [0.717, 1.165) is 25.1 Å². The van der Waals surface area contributed by atoms with Crippen molar-refractivity contribution in [3.8, 4) is 0 Å². The van der Waals surface area contributed by atoms with Crippen molar-refractivity contribution in [2.75, 3.05) is 11.4 Å². The third-order valence-corrected chi connectivity index (χ3v) is 3.92. The number of aromatic carboxylic acids is 1. The Kier molecular flexibility index (Phi) is 3.36. The maximum atomic E-state index is 11.5. The number of para-hydroxylation sites is 1. The Hall–Kier alpha value is -2.00. The first-order chi connectivity index (χ1) is 9.68. The highest BCUT2D eigenvalue weighted by atomic mass is 35.5. The molecule has 2 aromatic carbocycles.